The van der Waals surface area contributed by atoms with E-state index < -0.39 is 0 Å². The molecule has 1 heterocycles. The maximum atomic E-state index is 5.31. The van der Waals surface area contributed by atoms with Crippen molar-refractivity contribution >= 4 is 0 Å². The van der Waals surface area contributed by atoms with Crippen molar-refractivity contribution in [2.24, 2.45) is 0 Å². The van der Waals surface area contributed by atoms with Gasteiger partial charge in [-0.25, -0.2) is 0 Å². The molecule has 0 spiro atoms. The van der Waals surface area contributed by atoms with E-state index in [2.05, 4.69) is 42.2 Å². The van der Waals surface area contributed by atoms with Crippen LogP contribution in [-0.4, -0.2) is 31.2 Å². The lowest BCUT2D eigenvalue weighted by Crippen LogP contribution is -2.17. The molecule has 0 saturated carbocycles. The molecule has 2 heteroatoms. The molecule has 15 heavy (non-hydrogen) atoms. The predicted octanol–water partition coefficient (Wildman–Crippen LogP) is 2.47. The van der Waals surface area contributed by atoms with E-state index >= 15 is 0 Å². The van der Waals surface area contributed by atoms with Crippen molar-refractivity contribution in [1.82, 2.24) is 4.90 Å². The van der Waals surface area contributed by atoms with Crippen molar-refractivity contribution < 1.29 is 4.74 Å². The molecular weight excluding hydrogens is 186 g/mol. The maximum Gasteiger partial charge on any atom is 0.0659 e. The minimum absolute atomic E-state index is 0.446. The summed E-state index contributed by atoms with van der Waals surface area (Å²) in [6, 6.07) is 11.9. The van der Waals surface area contributed by atoms with Gasteiger partial charge in [0.2, 0.25) is 0 Å². The van der Waals surface area contributed by atoms with Gasteiger partial charge in [0, 0.05) is 19.7 Å². The SMILES string of the molecule is CCC1CN1C(COC)c1ccccc1. The number of methoxy groups -OCH3 is 1. The van der Waals surface area contributed by atoms with Gasteiger partial charge >= 0.3 is 0 Å². The van der Waals surface area contributed by atoms with E-state index in [0.717, 1.165) is 12.6 Å². The van der Waals surface area contributed by atoms with Crippen LogP contribution in [0.3, 0.4) is 0 Å². The van der Waals surface area contributed by atoms with Gasteiger partial charge in [-0.15, -0.1) is 0 Å². The summed E-state index contributed by atoms with van der Waals surface area (Å²) in [5.41, 5.74) is 1.37. The van der Waals surface area contributed by atoms with E-state index in [0.29, 0.717) is 6.04 Å². The topological polar surface area (TPSA) is 12.2 Å². The number of benzene rings is 1. The molecule has 2 rings (SSSR count). The molecule has 3 unspecified atom stereocenters. The number of nitrogens with zero attached hydrogens (tertiary/aromatic N) is 1. The molecule has 1 aromatic rings. The smallest absolute Gasteiger partial charge is 0.0659 e. The van der Waals surface area contributed by atoms with E-state index in [4.69, 9.17) is 4.74 Å². The van der Waals surface area contributed by atoms with E-state index in [-0.39, 0.29) is 0 Å². The van der Waals surface area contributed by atoms with E-state index in [1.807, 2.05) is 0 Å². The largest absolute Gasteiger partial charge is 0.383 e. The average molecular weight is 205 g/mol. The Labute approximate surface area is 91.9 Å². The van der Waals surface area contributed by atoms with Crippen LogP contribution in [0.2, 0.25) is 0 Å². The van der Waals surface area contributed by atoms with Gasteiger partial charge in [-0.1, -0.05) is 37.3 Å². The average Bonchev–Trinajstić information content (AvgIpc) is 3.06. The molecule has 0 aromatic heterocycles. The molecule has 1 aliphatic heterocycles. The van der Waals surface area contributed by atoms with Crippen molar-refractivity contribution in [3.8, 4) is 0 Å². The van der Waals surface area contributed by atoms with Crippen molar-refractivity contribution in [2.75, 3.05) is 20.3 Å². The molecule has 1 aromatic carbocycles. The summed E-state index contributed by atoms with van der Waals surface area (Å²) in [6.07, 6.45) is 1.24. The van der Waals surface area contributed by atoms with Crippen LogP contribution in [0, 0.1) is 0 Å². The Morgan fingerprint density at radius 3 is 2.67 bits per heavy atom. The number of rotatable bonds is 5. The van der Waals surface area contributed by atoms with Gasteiger partial charge in [0.15, 0.2) is 0 Å². The fourth-order valence-corrected chi connectivity index (χ4v) is 2.16. The molecule has 2 nitrogen and oxygen atoms in total. The van der Waals surface area contributed by atoms with E-state index in [1.54, 1.807) is 7.11 Å². The molecule has 82 valence electrons. The second-order valence-corrected chi connectivity index (χ2v) is 4.14. The number of hydrogen-bond donors (Lipinski definition) is 0. The highest BCUT2D eigenvalue weighted by Crippen LogP contribution is 2.33. The Bertz CT molecular complexity index is 299. The fourth-order valence-electron chi connectivity index (χ4n) is 2.16. The van der Waals surface area contributed by atoms with Gasteiger partial charge in [0.05, 0.1) is 12.6 Å². The third-order valence-corrected chi connectivity index (χ3v) is 3.14. The number of ether oxygens (including phenoxy) is 1. The Morgan fingerprint density at radius 1 is 1.40 bits per heavy atom. The third kappa shape index (κ3) is 2.39. The summed E-state index contributed by atoms with van der Waals surface area (Å²) in [4.78, 5) is 2.51. The third-order valence-electron chi connectivity index (χ3n) is 3.14. The molecule has 0 amide bonds. The molecule has 3 atom stereocenters. The summed E-state index contributed by atoms with van der Waals surface area (Å²) in [5, 5.41) is 0. The molecule has 0 N–H and O–H groups in total. The van der Waals surface area contributed by atoms with Gasteiger partial charge in [-0.2, -0.15) is 0 Å². The molecular formula is C13H19NO. The quantitative estimate of drug-likeness (QED) is 0.685. The standard InChI is InChI=1S/C13H19NO/c1-3-12-9-14(12)13(10-15-2)11-7-5-4-6-8-11/h4-8,12-13H,3,9-10H2,1-2H3. The van der Waals surface area contributed by atoms with Crippen LogP contribution in [0.5, 0.6) is 0 Å². The zero-order chi connectivity index (χ0) is 10.7. The summed E-state index contributed by atoms with van der Waals surface area (Å²) >= 11 is 0. The van der Waals surface area contributed by atoms with Gasteiger partial charge < -0.3 is 4.74 Å². The molecule has 0 aliphatic carbocycles. The molecule has 1 fully saturated rings. The lowest BCUT2D eigenvalue weighted by atomic mass is 10.1. The van der Waals surface area contributed by atoms with Crippen molar-refractivity contribution in [3.05, 3.63) is 35.9 Å². The van der Waals surface area contributed by atoms with Gasteiger partial charge in [-0.05, 0) is 12.0 Å². The first-order chi connectivity index (χ1) is 7.36. The van der Waals surface area contributed by atoms with Crippen LogP contribution in [-0.2, 0) is 4.74 Å². The Kier molecular flexibility index (Phi) is 3.39. The maximum absolute atomic E-state index is 5.31. The van der Waals surface area contributed by atoms with Crippen LogP contribution in [0.25, 0.3) is 0 Å². The zero-order valence-electron chi connectivity index (χ0n) is 9.52. The summed E-state index contributed by atoms with van der Waals surface area (Å²) < 4.78 is 5.31. The van der Waals surface area contributed by atoms with Gasteiger partial charge in [0.25, 0.3) is 0 Å². The second-order valence-electron chi connectivity index (χ2n) is 4.14. The first-order valence-corrected chi connectivity index (χ1v) is 5.66. The highest BCUT2D eigenvalue weighted by molar-refractivity contribution is 5.21. The van der Waals surface area contributed by atoms with E-state index in [1.165, 1.54) is 18.5 Å². The lowest BCUT2D eigenvalue weighted by molar-refractivity contribution is 0.139. The highest BCUT2D eigenvalue weighted by Gasteiger charge is 2.38. The Hall–Kier alpha value is -0.860. The van der Waals surface area contributed by atoms with Gasteiger partial charge in [0.1, 0.15) is 0 Å². The minimum Gasteiger partial charge on any atom is -0.383 e. The zero-order valence-corrected chi connectivity index (χ0v) is 9.52. The lowest BCUT2D eigenvalue weighted by Gasteiger charge is -2.18. The number of hydrogen-bond acceptors (Lipinski definition) is 2. The normalized spacial score (nSPS) is 26.3. The Balaban J connectivity index is 2.07. The predicted molar refractivity (Wildman–Crippen MR) is 61.8 cm³/mol. The second kappa shape index (κ2) is 4.77. The van der Waals surface area contributed by atoms with Crippen molar-refractivity contribution in [3.63, 3.8) is 0 Å². The summed E-state index contributed by atoms with van der Waals surface area (Å²) in [5.74, 6) is 0. The first kappa shape index (κ1) is 10.7. The summed E-state index contributed by atoms with van der Waals surface area (Å²) in [6.45, 7) is 4.26. The molecule has 0 bridgehead atoms. The molecule has 1 saturated heterocycles. The van der Waals surface area contributed by atoms with Crippen LogP contribution < -0.4 is 0 Å². The molecule has 0 radical (unpaired) electrons. The highest BCUT2D eigenvalue weighted by atomic mass is 16.5. The van der Waals surface area contributed by atoms with Crippen molar-refractivity contribution in [2.45, 2.75) is 25.4 Å². The summed E-state index contributed by atoms with van der Waals surface area (Å²) in [7, 11) is 1.78. The minimum atomic E-state index is 0.446. The van der Waals surface area contributed by atoms with E-state index in [9.17, 15) is 0 Å². The Morgan fingerprint density at radius 2 is 2.13 bits per heavy atom. The molecule has 1 aliphatic rings. The van der Waals surface area contributed by atoms with Crippen LogP contribution >= 0.6 is 0 Å². The van der Waals surface area contributed by atoms with Crippen LogP contribution in [0.4, 0.5) is 0 Å². The monoisotopic (exact) mass is 205 g/mol. The fraction of sp³-hybridized carbons (Fsp3) is 0.538. The van der Waals surface area contributed by atoms with Crippen molar-refractivity contribution in [1.29, 1.82) is 0 Å². The van der Waals surface area contributed by atoms with Crippen LogP contribution in [0.15, 0.2) is 30.3 Å². The van der Waals surface area contributed by atoms with Crippen LogP contribution in [0.1, 0.15) is 24.9 Å². The first-order valence-electron chi connectivity index (χ1n) is 5.66. The van der Waals surface area contributed by atoms with Gasteiger partial charge in [-0.3, -0.25) is 4.90 Å².